The van der Waals surface area contributed by atoms with Gasteiger partial charge in [0.15, 0.2) is 5.01 Å². The van der Waals surface area contributed by atoms with Crippen LogP contribution in [0.1, 0.15) is 22.3 Å². The average molecular weight is 246 g/mol. The Balaban J connectivity index is 2.33. The van der Waals surface area contributed by atoms with Crippen molar-refractivity contribution in [2.45, 2.75) is 19.2 Å². The van der Waals surface area contributed by atoms with E-state index in [1.54, 1.807) is 11.3 Å². The van der Waals surface area contributed by atoms with Crippen LogP contribution in [0.5, 0.6) is 0 Å². The van der Waals surface area contributed by atoms with Crippen LogP contribution in [0, 0.1) is 6.92 Å². The average Bonchev–Trinajstić information content (AvgIpc) is 2.70. The lowest BCUT2D eigenvalue weighted by atomic mass is 10.5. The van der Waals surface area contributed by atoms with Crippen LogP contribution in [0.4, 0.5) is 0 Å². The Morgan fingerprint density at radius 2 is 2.14 bits per heavy atom. The van der Waals surface area contributed by atoms with Gasteiger partial charge in [0.05, 0.1) is 15.3 Å². The SMILES string of the molecule is Cc1ncc(-c2nnc(C(C)Cl)s2)s1. The summed E-state index contributed by atoms with van der Waals surface area (Å²) in [6.07, 6.45) is 1.82. The van der Waals surface area contributed by atoms with Gasteiger partial charge in [0.25, 0.3) is 0 Å². The van der Waals surface area contributed by atoms with Gasteiger partial charge < -0.3 is 0 Å². The van der Waals surface area contributed by atoms with Gasteiger partial charge in [0.1, 0.15) is 5.01 Å². The molecule has 2 rings (SSSR count). The van der Waals surface area contributed by atoms with Crippen molar-refractivity contribution in [3.63, 3.8) is 0 Å². The van der Waals surface area contributed by atoms with Crippen LogP contribution < -0.4 is 0 Å². The standard InChI is InChI=1S/C8H8ClN3S2/c1-4(9)7-11-12-8(14-7)6-3-10-5(2)13-6/h3-4H,1-2H3. The Labute approximate surface area is 94.8 Å². The zero-order chi connectivity index (χ0) is 10.1. The second-order valence-corrected chi connectivity index (χ2v) is 5.70. The zero-order valence-corrected chi connectivity index (χ0v) is 10.1. The molecule has 74 valence electrons. The molecule has 0 fully saturated rings. The fourth-order valence-corrected chi connectivity index (χ4v) is 2.72. The fourth-order valence-electron chi connectivity index (χ4n) is 0.955. The molecule has 0 spiro atoms. The van der Waals surface area contributed by atoms with Crippen molar-refractivity contribution in [2.75, 3.05) is 0 Å². The smallest absolute Gasteiger partial charge is 0.159 e. The second-order valence-electron chi connectivity index (χ2n) is 2.80. The molecule has 0 aromatic carbocycles. The molecule has 1 unspecified atom stereocenters. The lowest BCUT2D eigenvalue weighted by Gasteiger charge is -1.90. The third-order valence-corrected chi connectivity index (χ3v) is 4.14. The molecule has 14 heavy (non-hydrogen) atoms. The zero-order valence-electron chi connectivity index (χ0n) is 7.69. The molecule has 1 atom stereocenters. The number of alkyl halides is 1. The second kappa shape index (κ2) is 3.92. The summed E-state index contributed by atoms with van der Waals surface area (Å²) in [6, 6.07) is 0. The van der Waals surface area contributed by atoms with Crippen LogP contribution in [0.3, 0.4) is 0 Å². The van der Waals surface area contributed by atoms with Crippen LogP contribution >= 0.6 is 34.3 Å². The maximum atomic E-state index is 5.90. The predicted octanol–water partition coefficient (Wildman–Crippen LogP) is 3.27. The molecule has 0 aliphatic rings. The van der Waals surface area contributed by atoms with Crippen molar-refractivity contribution in [2.24, 2.45) is 0 Å². The number of hydrogen-bond acceptors (Lipinski definition) is 5. The van der Waals surface area contributed by atoms with Gasteiger partial charge in [0.2, 0.25) is 0 Å². The van der Waals surface area contributed by atoms with Crippen molar-refractivity contribution < 1.29 is 0 Å². The molecule has 2 aromatic rings. The van der Waals surface area contributed by atoms with E-state index in [0.29, 0.717) is 0 Å². The summed E-state index contributed by atoms with van der Waals surface area (Å²) in [4.78, 5) is 5.23. The highest BCUT2D eigenvalue weighted by molar-refractivity contribution is 7.21. The number of hydrogen-bond donors (Lipinski definition) is 0. The number of thiazole rings is 1. The van der Waals surface area contributed by atoms with E-state index in [1.807, 2.05) is 20.0 Å². The minimum absolute atomic E-state index is 0.0738. The molecule has 0 radical (unpaired) electrons. The summed E-state index contributed by atoms with van der Waals surface area (Å²) in [6.45, 7) is 3.87. The van der Waals surface area contributed by atoms with Crippen LogP contribution in [0.2, 0.25) is 0 Å². The highest BCUT2D eigenvalue weighted by Gasteiger charge is 2.12. The maximum absolute atomic E-state index is 5.90. The minimum Gasteiger partial charge on any atom is -0.249 e. The number of nitrogens with zero attached hydrogens (tertiary/aromatic N) is 3. The van der Waals surface area contributed by atoms with E-state index < -0.39 is 0 Å². The third kappa shape index (κ3) is 1.94. The van der Waals surface area contributed by atoms with Crippen molar-refractivity contribution >= 4 is 34.3 Å². The quantitative estimate of drug-likeness (QED) is 0.763. The minimum atomic E-state index is -0.0738. The topological polar surface area (TPSA) is 38.7 Å². The Kier molecular flexibility index (Phi) is 2.80. The highest BCUT2D eigenvalue weighted by atomic mass is 35.5. The maximum Gasteiger partial charge on any atom is 0.159 e. The van der Waals surface area contributed by atoms with Crippen LogP contribution in [0.15, 0.2) is 6.20 Å². The molecule has 0 N–H and O–H groups in total. The normalized spacial score (nSPS) is 13.1. The van der Waals surface area contributed by atoms with E-state index in [2.05, 4.69) is 15.2 Å². The molecule has 0 saturated carbocycles. The largest absolute Gasteiger partial charge is 0.249 e. The third-order valence-electron chi connectivity index (χ3n) is 1.61. The molecule has 0 bridgehead atoms. The van der Waals surface area contributed by atoms with Crippen molar-refractivity contribution in [1.82, 2.24) is 15.2 Å². The summed E-state index contributed by atoms with van der Waals surface area (Å²) in [5, 5.41) is 10.8. The number of rotatable bonds is 2. The molecule has 2 heterocycles. The molecule has 6 heteroatoms. The van der Waals surface area contributed by atoms with Crippen LogP contribution in [-0.2, 0) is 0 Å². The molecular formula is C8H8ClN3S2. The van der Waals surface area contributed by atoms with E-state index in [1.165, 1.54) is 11.3 Å². The van der Waals surface area contributed by atoms with Crippen molar-refractivity contribution in [3.8, 4) is 9.88 Å². The van der Waals surface area contributed by atoms with E-state index in [4.69, 9.17) is 11.6 Å². The van der Waals surface area contributed by atoms with Gasteiger partial charge in [-0.1, -0.05) is 11.3 Å². The Morgan fingerprint density at radius 3 is 2.64 bits per heavy atom. The lowest BCUT2D eigenvalue weighted by molar-refractivity contribution is 0.963. The van der Waals surface area contributed by atoms with E-state index >= 15 is 0 Å². The number of aryl methyl sites for hydroxylation is 1. The van der Waals surface area contributed by atoms with Crippen LogP contribution in [0.25, 0.3) is 9.88 Å². The summed E-state index contributed by atoms with van der Waals surface area (Å²) in [5.74, 6) is 0. The first-order valence-corrected chi connectivity index (χ1v) is 6.14. The summed E-state index contributed by atoms with van der Waals surface area (Å²) in [7, 11) is 0. The molecule has 3 nitrogen and oxygen atoms in total. The predicted molar refractivity (Wildman–Crippen MR) is 60.0 cm³/mol. The Morgan fingerprint density at radius 1 is 1.36 bits per heavy atom. The highest BCUT2D eigenvalue weighted by Crippen LogP contribution is 2.31. The molecule has 0 aliphatic heterocycles. The van der Waals surface area contributed by atoms with Gasteiger partial charge >= 0.3 is 0 Å². The van der Waals surface area contributed by atoms with Gasteiger partial charge in [0, 0.05) is 6.20 Å². The molecule has 0 aliphatic carbocycles. The molecule has 2 aromatic heterocycles. The van der Waals surface area contributed by atoms with E-state index in [9.17, 15) is 0 Å². The van der Waals surface area contributed by atoms with Gasteiger partial charge in [-0.3, -0.25) is 0 Å². The summed E-state index contributed by atoms with van der Waals surface area (Å²) < 4.78 is 0. The van der Waals surface area contributed by atoms with Gasteiger partial charge in [-0.2, -0.15) is 0 Å². The van der Waals surface area contributed by atoms with E-state index in [0.717, 1.165) is 19.9 Å². The summed E-state index contributed by atoms with van der Waals surface area (Å²) >= 11 is 9.05. The van der Waals surface area contributed by atoms with Crippen molar-refractivity contribution in [3.05, 3.63) is 16.2 Å². The lowest BCUT2D eigenvalue weighted by Crippen LogP contribution is -1.80. The number of halogens is 1. The molecule has 0 saturated heterocycles. The first-order valence-electron chi connectivity index (χ1n) is 4.07. The monoisotopic (exact) mass is 245 g/mol. The Bertz CT molecular complexity index is 435. The van der Waals surface area contributed by atoms with Gasteiger partial charge in [-0.25, -0.2) is 4.98 Å². The van der Waals surface area contributed by atoms with E-state index in [-0.39, 0.29) is 5.38 Å². The fraction of sp³-hybridized carbons (Fsp3) is 0.375. The van der Waals surface area contributed by atoms with Gasteiger partial charge in [-0.15, -0.1) is 33.1 Å². The van der Waals surface area contributed by atoms with Gasteiger partial charge in [-0.05, 0) is 13.8 Å². The Hall–Kier alpha value is -0.520. The number of aromatic nitrogens is 3. The first kappa shape index (κ1) is 10.0. The van der Waals surface area contributed by atoms with Crippen molar-refractivity contribution in [1.29, 1.82) is 0 Å². The summed E-state index contributed by atoms with van der Waals surface area (Å²) in [5.41, 5.74) is 0. The molecular weight excluding hydrogens is 238 g/mol. The van der Waals surface area contributed by atoms with Crippen LogP contribution in [-0.4, -0.2) is 15.2 Å². The molecule has 0 amide bonds. The first-order chi connectivity index (χ1) is 6.66.